The lowest BCUT2D eigenvalue weighted by Crippen LogP contribution is -2.59. The Labute approximate surface area is 124 Å². The van der Waals surface area contributed by atoms with Crippen LogP contribution >= 0.6 is 0 Å². The molecule has 2 aliphatic rings. The summed E-state index contributed by atoms with van der Waals surface area (Å²) in [5.41, 5.74) is -0.598. The van der Waals surface area contributed by atoms with Gasteiger partial charge >= 0.3 is 12.0 Å². The standard InChI is InChI=1S/C14H25N3O4/c1-16(2)8-10-6-11(18)9-17(10)13(21)15-14(4-3-5-14)7-12(19)20/h10-11,18H,3-9H2,1-2H3,(H,15,21)(H,19,20). The number of aliphatic hydroxyl groups is 1. The van der Waals surface area contributed by atoms with Crippen LogP contribution in [0.5, 0.6) is 0 Å². The molecule has 1 aliphatic heterocycles. The fraction of sp³-hybridized carbons (Fsp3) is 0.857. The maximum atomic E-state index is 12.5. The fourth-order valence-corrected chi connectivity index (χ4v) is 3.27. The van der Waals surface area contributed by atoms with Crippen molar-refractivity contribution in [3.8, 4) is 0 Å². The summed E-state index contributed by atoms with van der Waals surface area (Å²) in [5, 5.41) is 21.7. The third-order valence-electron chi connectivity index (χ3n) is 4.40. The van der Waals surface area contributed by atoms with Gasteiger partial charge in [0.05, 0.1) is 18.1 Å². The number of hydrogen-bond donors (Lipinski definition) is 3. The molecule has 0 aromatic heterocycles. The molecule has 0 aromatic rings. The molecular formula is C14H25N3O4. The minimum atomic E-state index is -0.888. The molecule has 7 nitrogen and oxygen atoms in total. The molecule has 0 bridgehead atoms. The van der Waals surface area contributed by atoms with Gasteiger partial charge in [-0.15, -0.1) is 0 Å². The normalized spacial score (nSPS) is 27.5. The van der Waals surface area contributed by atoms with Gasteiger partial charge in [-0.2, -0.15) is 0 Å². The van der Waals surface area contributed by atoms with E-state index in [2.05, 4.69) is 5.32 Å². The van der Waals surface area contributed by atoms with Gasteiger partial charge < -0.3 is 25.3 Å². The number of aliphatic hydroxyl groups excluding tert-OH is 1. The van der Waals surface area contributed by atoms with Gasteiger partial charge in [-0.3, -0.25) is 4.79 Å². The molecular weight excluding hydrogens is 274 g/mol. The summed E-state index contributed by atoms with van der Waals surface area (Å²) in [6.07, 6.45) is 2.39. The highest BCUT2D eigenvalue weighted by Gasteiger charge is 2.43. The Morgan fingerprint density at radius 2 is 2.05 bits per heavy atom. The predicted molar refractivity (Wildman–Crippen MR) is 77.0 cm³/mol. The molecule has 1 aliphatic carbocycles. The first-order valence-corrected chi connectivity index (χ1v) is 7.45. The van der Waals surface area contributed by atoms with Gasteiger partial charge in [0, 0.05) is 19.1 Å². The average molecular weight is 299 g/mol. The molecule has 2 rings (SSSR count). The smallest absolute Gasteiger partial charge is 0.318 e. The highest BCUT2D eigenvalue weighted by Crippen LogP contribution is 2.35. The highest BCUT2D eigenvalue weighted by atomic mass is 16.4. The average Bonchev–Trinajstić information content (AvgIpc) is 2.65. The molecule has 120 valence electrons. The third-order valence-corrected chi connectivity index (χ3v) is 4.40. The quantitative estimate of drug-likeness (QED) is 0.669. The van der Waals surface area contributed by atoms with Crippen LogP contribution in [-0.4, -0.2) is 76.9 Å². The predicted octanol–water partition coefficient (Wildman–Crippen LogP) is 0.0902. The van der Waals surface area contributed by atoms with Crippen LogP contribution < -0.4 is 5.32 Å². The molecule has 0 aromatic carbocycles. The number of rotatable bonds is 5. The number of nitrogens with one attached hydrogen (secondary N) is 1. The van der Waals surface area contributed by atoms with Crippen molar-refractivity contribution in [3.63, 3.8) is 0 Å². The number of carbonyl (C=O) groups is 2. The van der Waals surface area contributed by atoms with Gasteiger partial charge in [0.15, 0.2) is 0 Å². The molecule has 0 spiro atoms. The van der Waals surface area contributed by atoms with E-state index in [4.69, 9.17) is 5.11 Å². The number of likely N-dealkylation sites (tertiary alicyclic amines) is 1. The summed E-state index contributed by atoms with van der Waals surface area (Å²) in [6.45, 7) is 1.00. The molecule has 2 unspecified atom stereocenters. The fourth-order valence-electron chi connectivity index (χ4n) is 3.27. The molecule has 1 heterocycles. The summed E-state index contributed by atoms with van der Waals surface area (Å²) in [6, 6.07) is -0.281. The number of hydrogen-bond acceptors (Lipinski definition) is 4. The van der Waals surface area contributed by atoms with Gasteiger partial charge in [-0.25, -0.2) is 4.79 Å². The van der Waals surface area contributed by atoms with Gasteiger partial charge in [0.2, 0.25) is 0 Å². The summed E-state index contributed by atoms with van der Waals surface area (Å²) in [5.74, 6) is -0.888. The van der Waals surface area contributed by atoms with Crippen LogP contribution in [0.1, 0.15) is 32.1 Å². The largest absolute Gasteiger partial charge is 0.481 e. The molecule has 0 radical (unpaired) electrons. The topological polar surface area (TPSA) is 93.1 Å². The van der Waals surface area contributed by atoms with E-state index in [1.165, 1.54) is 0 Å². The van der Waals surface area contributed by atoms with E-state index in [-0.39, 0.29) is 18.5 Å². The number of aliphatic carboxylic acids is 1. The van der Waals surface area contributed by atoms with E-state index in [1.807, 2.05) is 19.0 Å². The summed E-state index contributed by atoms with van der Waals surface area (Å²) in [4.78, 5) is 27.1. The van der Waals surface area contributed by atoms with E-state index in [1.54, 1.807) is 4.90 Å². The first kappa shape index (κ1) is 16.0. The lowest BCUT2D eigenvalue weighted by Gasteiger charge is -2.43. The molecule has 1 saturated heterocycles. The second-order valence-electron chi connectivity index (χ2n) is 6.59. The van der Waals surface area contributed by atoms with Crippen LogP contribution in [0.15, 0.2) is 0 Å². The Bertz CT molecular complexity index is 409. The van der Waals surface area contributed by atoms with Crippen molar-refractivity contribution in [1.29, 1.82) is 0 Å². The van der Waals surface area contributed by atoms with Crippen molar-refractivity contribution in [2.75, 3.05) is 27.2 Å². The lowest BCUT2D eigenvalue weighted by molar-refractivity contribution is -0.139. The highest BCUT2D eigenvalue weighted by molar-refractivity contribution is 5.78. The van der Waals surface area contributed by atoms with E-state index < -0.39 is 17.6 Å². The zero-order valence-electron chi connectivity index (χ0n) is 12.7. The first-order valence-electron chi connectivity index (χ1n) is 7.45. The zero-order valence-corrected chi connectivity index (χ0v) is 12.7. The van der Waals surface area contributed by atoms with E-state index >= 15 is 0 Å². The Morgan fingerprint density at radius 1 is 1.38 bits per heavy atom. The number of carboxylic acid groups (broad SMARTS) is 1. The van der Waals surface area contributed by atoms with Crippen molar-refractivity contribution in [2.24, 2.45) is 0 Å². The lowest BCUT2D eigenvalue weighted by atomic mass is 9.74. The van der Waals surface area contributed by atoms with Crippen molar-refractivity contribution in [1.82, 2.24) is 15.1 Å². The zero-order chi connectivity index (χ0) is 15.6. The molecule has 21 heavy (non-hydrogen) atoms. The van der Waals surface area contributed by atoms with Gasteiger partial charge in [0.1, 0.15) is 0 Å². The van der Waals surface area contributed by atoms with Crippen molar-refractivity contribution >= 4 is 12.0 Å². The van der Waals surface area contributed by atoms with Crippen LogP contribution in [0.3, 0.4) is 0 Å². The monoisotopic (exact) mass is 299 g/mol. The first-order chi connectivity index (χ1) is 9.81. The van der Waals surface area contributed by atoms with Gasteiger partial charge in [0.25, 0.3) is 0 Å². The summed E-state index contributed by atoms with van der Waals surface area (Å²) >= 11 is 0. The molecule has 7 heteroatoms. The Balaban J connectivity index is 1.99. The van der Waals surface area contributed by atoms with Crippen LogP contribution in [0.2, 0.25) is 0 Å². The van der Waals surface area contributed by atoms with Crippen molar-refractivity contribution in [3.05, 3.63) is 0 Å². The Hall–Kier alpha value is -1.34. The number of carboxylic acids is 1. The number of nitrogens with zero attached hydrogens (tertiary/aromatic N) is 2. The second kappa shape index (κ2) is 6.19. The maximum absolute atomic E-state index is 12.5. The van der Waals surface area contributed by atoms with Crippen molar-refractivity contribution < 1.29 is 19.8 Å². The molecule has 2 fully saturated rings. The number of amides is 2. The maximum Gasteiger partial charge on any atom is 0.318 e. The second-order valence-corrected chi connectivity index (χ2v) is 6.59. The Morgan fingerprint density at radius 3 is 2.52 bits per heavy atom. The van der Waals surface area contributed by atoms with E-state index in [0.29, 0.717) is 32.4 Å². The summed E-state index contributed by atoms with van der Waals surface area (Å²) in [7, 11) is 3.86. The SMILES string of the molecule is CN(C)CC1CC(O)CN1C(=O)NC1(CC(=O)O)CCC1. The van der Waals surface area contributed by atoms with E-state index in [0.717, 1.165) is 6.42 Å². The van der Waals surface area contributed by atoms with Gasteiger partial charge in [-0.1, -0.05) is 0 Å². The third kappa shape index (κ3) is 3.85. The minimum absolute atomic E-state index is 0.0306. The number of carbonyl (C=O) groups excluding carboxylic acids is 1. The van der Waals surface area contributed by atoms with E-state index in [9.17, 15) is 14.7 Å². The van der Waals surface area contributed by atoms with Crippen LogP contribution in [0.4, 0.5) is 4.79 Å². The van der Waals surface area contributed by atoms with Crippen LogP contribution in [0.25, 0.3) is 0 Å². The number of likely N-dealkylation sites (N-methyl/N-ethyl adjacent to an activating group) is 1. The molecule has 2 atom stereocenters. The number of urea groups is 1. The molecule has 2 amide bonds. The minimum Gasteiger partial charge on any atom is -0.481 e. The Kier molecular flexibility index (Phi) is 4.73. The number of β-amino-alcohol motifs (C(OH)–C–C–N with tert-alkyl or cyclic N) is 1. The van der Waals surface area contributed by atoms with Gasteiger partial charge in [-0.05, 0) is 39.8 Å². The molecule has 3 N–H and O–H groups in total. The van der Waals surface area contributed by atoms with Crippen LogP contribution in [-0.2, 0) is 4.79 Å². The van der Waals surface area contributed by atoms with Crippen LogP contribution in [0, 0.1) is 0 Å². The molecule has 1 saturated carbocycles. The van der Waals surface area contributed by atoms with Crippen molar-refractivity contribution in [2.45, 2.75) is 49.8 Å². The summed E-state index contributed by atoms with van der Waals surface area (Å²) < 4.78 is 0.